The quantitative estimate of drug-likeness (QED) is 0.572. The number of pyridine rings is 1. The lowest BCUT2D eigenvalue weighted by atomic mass is 10.2. The highest BCUT2D eigenvalue weighted by molar-refractivity contribution is 9.10. The number of para-hydroxylation sites is 1. The number of aromatic nitrogens is 3. The fourth-order valence-corrected chi connectivity index (χ4v) is 2.94. The highest BCUT2D eigenvalue weighted by Gasteiger charge is 2.13. The summed E-state index contributed by atoms with van der Waals surface area (Å²) in [6.07, 6.45) is 1.79. The van der Waals surface area contributed by atoms with Gasteiger partial charge in [0.05, 0.1) is 22.2 Å². The van der Waals surface area contributed by atoms with E-state index < -0.39 is 0 Å². The van der Waals surface area contributed by atoms with E-state index in [4.69, 9.17) is 5.73 Å². The number of rotatable bonds is 1. The third kappa shape index (κ3) is 1.89. The molecule has 21 heavy (non-hydrogen) atoms. The Hall–Kier alpha value is -2.40. The minimum absolute atomic E-state index is 0.459. The average Bonchev–Trinajstić information content (AvgIpc) is 2.81. The number of anilines is 1. The number of imidazole rings is 1. The van der Waals surface area contributed by atoms with Crippen molar-refractivity contribution in [2.45, 2.75) is 0 Å². The van der Waals surface area contributed by atoms with Gasteiger partial charge in [-0.2, -0.15) is 0 Å². The molecule has 102 valence electrons. The summed E-state index contributed by atoms with van der Waals surface area (Å²) in [6, 6.07) is 16.0. The molecule has 0 unspecified atom stereocenters. The van der Waals surface area contributed by atoms with E-state index in [2.05, 4.69) is 25.9 Å². The maximum Gasteiger partial charge on any atom is 0.206 e. The Morgan fingerprint density at radius 2 is 1.90 bits per heavy atom. The Labute approximate surface area is 129 Å². The molecule has 2 N–H and O–H groups in total. The zero-order valence-corrected chi connectivity index (χ0v) is 12.6. The second-order valence-electron chi connectivity index (χ2n) is 4.79. The maximum absolute atomic E-state index is 6.14. The van der Waals surface area contributed by atoms with Gasteiger partial charge in [0.1, 0.15) is 0 Å². The van der Waals surface area contributed by atoms with E-state index in [1.54, 1.807) is 6.20 Å². The lowest BCUT2D eigenvalue weighted by Gasteiger charge is -2.09. The first-order valence-electron chi connectivity index (χ1n) is 6.51. The van der Waals surface area contributed by atoms with Crippen LogP contribution >= 0.6 is 15.9 Å². The van der Waals surface area contributed by atoms with E-state index in [9.17, 15) is 0 Å². The van der Waals surface area contributed by atoms with Crippen LogP contribution in [-0.2, 0) is 0 Å². The van der Waals surface area contributed by atoms with Crippen molar-refractivity contribution in [2.24, 2.45) is 0 Å². The van der Waals surface area contributed by atoms with E-state index in [0.717, 1.165) is 32.1 Å². The molecular formula is C16H11BrN4. The van der Waals surface area contributed by atoms with Crippen LogP contribution in [0.4, 0.5) is 5.95 Å². The molecule has 4 rings (SSSR count). The van der Waals surface area contributed by atoms with Crippen LogP contribution in [0.5, 0.6) is 0 Å². The number of nitrogens with zero attached hydrogens (tertiary/aromatic N) is 3. The molecule has 5 heteroatoms. The largest absolute Gasteiger partial charge is 0.369 e. The molecule has 4 aromatic rings. The molecule has 0 atom stereocenters. The Morgan fingerprint density at radius 3 is 2.81 bits per heavy atom. The van der Waals surface area contributed by atoms with Crippen molar-refractivity contribution in [1.29, 1.82) is 0 Å². The number of benzene rings is 2. The molecule has 0 saturated carbocycles. The Balaban J connectivity index is 2.11. The van der Waals surface area contributed by atoms with E-state index in [1.807, 2.05) is 53.1 Å². The van der Waals surface area contributed by atoms with Crippen molar-refractivity contribution >= 4 is 43.8 Å². The van der Waals surface area contributed by atoms with Gasteiger partial charge in [-0.15, -0.1) is 0 Å². The Bertz CT molecular complexity index is 969. The predicted octanol–water partition coefficient (Wildman–Crippen LogP) is 3.92. The SMILES string of the molecule is Nc1nc2cc(Br)ccc2n1-c1cccc2cccnc12. The van der Waals surface area contributed by atoms with Crippen LogP contribution in [0.2, 0.25) is 0 Å². The lowest BCUT2D eigenvalue weighted by Crippen LogP contribution is -2.01. The van der Waals surface area contributed by atoms with Crippen molar-refractivity contribution in [3.8, 4) is 5.69 Å². The fraction of sp³-hybridized carbons (Fsp3) is 0. The van der Waals surface area contributed by atoms with E-state index >= 15 is 0 Å². The summed E-state index contributed by atoms with van der Waals surface area (Å²) in [6.45, 7) is 0. The van der Waals surface area contributed by atoms with Crippen LogP contribution < -0.4 is 5.73 Å². The molecule has 2 aromatic carbocycles. The highest BCUT2D eigenvalue weighted by Crippen LogP contribution is 2.28. The molecule has 0 bridgehead atoms. The van der Waals surface area contributed by atoms with Crippen molar-refractivity contribution < 1.29 is 0 Å². The van der Waals surface area contributed by atoms with Gasteiger partial charge in [0, 0.05) is 16.1 Å². The number of fused-ring (bicyclic) bond motifs is 2. The van der Waals surface area contributed by atoms with Gasteiger partial charge in [-0.25, -0.2) is 4.98 Å². The third-order valence-electron chi connectivity index (χ3n) is 3.49. The summed E-state index contributed by atoms with van der Waals surface area (Å²) in [5, 5.41) is 1.08. The molecule has 0 amide bonds. The summed E-state index contributed by atoms with van der Waals surface area (Å²) < 4.78 is 2.92. The molecule has 2 aromatic heterocycles. The predicted molar refractivity (Wildman–Crippen MR) is 88.5 cm³/mol. The van der Waals surface area contributed by atoms with Gasteiger partial charge in [0.25, 0.3) is 0 Å². The summed E-state index contributed by atoms with van der Waals surface area (Å²) in [5.41, 5.74) is 9.81. The summed E-state index contributed by atoms with van der Waals surface area (Å²) >= 11 is 3.46. The number of hydrogen-bond acceptors (Lipinski definition) is 3. The summed E-state index contributed by atoms with van der Waals surface area (Å²) in [7, 11) is 0. The van der Waals surface area contributed by atoms with Crippen LogP contribution in [-0.4, -0.2) is 14.5 Å². The summed E-state index contributed by atoms with van der Waals surface area (Å²) in [4.78, 5) is 8.93. The normalized spacial score (nSPS) is 11.3. The smallest absolute Gasteiger partial charge is 0.206 e. The standard InChI is InChI=1S/C16H11BrN4/c17-11-6-7-13-12(9-11)20-16(18)21(13)14-5-1-3-10-4-2-8-19-15(10)14/h1-9H,(H2,18,20). The highest BCUT2D eigenvalue weighted by atomic mass is 79.9. The second kappa shape index (κ2) is 4.56. The number of hydrogen-bond donors (Lipinski definition) is 1. The van der Waals surface area contributed by atoms with E-state index in [-0.39, 0.29) is 0 Å². The number of nitrogens with two attached hydrogens (primary N) is 1. The van der Waals surface area contributed by atoms with Gasteiger partial charge < -0.3 is 5.73 Å². The van der Waals surface area contributed by atoms with Gasteiger partial charge in [-0.3, -0.25) is 9.55 Å². The van der Waals surface area contributed by atoms with Crippen molar-refractivity contribution in [3.63, 3.8) is 0 Å². The lowest BCUT2D eigenvalue weighted by molar-refractivity contribution is 1.11. The zero-order valence-electron chi connectivity index (χ0n) is 11.0. The first-order valence-corrected chi connectivity index (χ1v) is 7.31. The van der Waals surface area contributed by atoms with E-state index in [1.165, 1.54) is 0 Å². The molecule has 0 fully saturated rings. The molecule has 0 aliphatic rings. The number of nitrogen functional groups attached to an aromatic ring is 1. The Kier molecular flexibility index (Phi) is 2.68. The van der Waals surface area contributed by atoms with Gasteiger partial charge in [0.2, 0.25) is 5.95 Å². The van der Waals surface area contributed by atoms with Gasteiger partial charge in [-0.1, -0.05) is 34.1 Å². The minimum Gasteiger partial charge on any atom is -0.369 e. The van der Waals surface area contributed by atoms with Crippen molar-refractivity contribution in [3.05, 3.63) is 59.2 Å². The monoisotopic (exact) mass is 338 g/mol. The average molecular weight is 339 g/mol. The second-order valence-corrected chi connectivity index (χ2v) is 5.71. The molecule has 4 nitrogen and oxygen atoms in total. The van der Waals surface area contributed by atoms with Gasteiger partial charge >= 0.3 is 0 Å². The fourth-order valence-electron chi connectivity index (χ4n) is 2.59. The van der Waals surface area contributed by atoms with Crippen molar-refractivity contribution in [1.82, 2.24) is 14.5 Å². The molecule has 2 heterocycles. The molecular weight excluding hydrogens is 328 g/mol. The molecule has 0 radical (unpaired) electrons. The van der Waals surface area contributed by atoms with Crippen LogP contribution in [0.25, 0.3) is 27.6 Å². The van der Waals surface area contributed by atoms with Gasteiger partial charge in [-0.05, 0) is 30.3 Å². The molecule has 0 aliphatic heterocycles. The molecule has 0 aliphatic carbocycles. The zero-order chi connectivity index (χ0) is 14.4. The van der Waals surface area contributed by atoms with Crippen LogP contribution in [0, 0.1) is 0 Å². The molecule has 0 spiro atoms. The van der Waals surface area contributed by atoms with Crippen molar-refractivity contribution in [2.75, 3.05) is 5.73 Å². The third-order valence-corrected chi connectivity index (χ3v) is 3.99. The van der Waals surface area contributed by atoms with Crippen LogP contribution in [0.3, 0.4) is 0 Å². The summed E-state index contributed by atoms with van der Waals surface area (Å²) in [5.74, 6) is 0.459. The first kappa shape index (κ1) is 12.3. The minimum atomic E-state index is 0.459. The topological polar surface area (TPSA) is 56.7 Å². The van der Waals surface area contributed by atoms with Gasteiger partial charge in [0.15, 0.2) is 0 Å². The van der Waals surface area contributed by atoms with Crippen LogP contribution in [0.15, 0.2) is 59.2 Å². The first-order chi connectivity index (χ1) is 10.2. The number of halogens is 1. The van der Waals surface area contributed by atoms with Crippen LogP contribution in [0.1, 0.15) is 0 Å². The maximum atomic E-state index is 6.14. The van der Waals surface area contributed by atoms with E-state index in [0.29, 0.717) is 5.95 Å². The molecule has 0 saturated heterocycles. The Morgan fingerprint density at radius 1 is 1.05 bits per heavy atom.